The molecular weight excluding hydrogens is 318 g/mol. The van der Waals surface area contributed by atoms with E-state index in [1.165, 1.54) is 12.7 Å². The Hall–Kier alpha value is -2.69. The van der Waals surface area contributed by atoms with Gasteiger partial charge in [-0.2, -0.15) is 0 Å². The van der Waals surface area contributed by atoms with E-state index in [2.05, 4.69) is 18.0 Å². The lowest BCUT2D eigenvalue weighted by Gasteiger charge is -2.11. The van der Waals surface area contributed by atoms with Crippen molar-refractivity contribution in [3.63, 3.8) is 0 Å². The van der Waals surface area contributed by atoms with Crippen molar-refractivity contribution in [2.75, 3.05) is 13.7 Å². The molecule has 0 spiro atoms. The monoisotopic (exact) mass is 341 g/mol. The Morgan fingerprint density at radius 1 is 1.32 bits per heavy atom. The van der Waals surface area contributed by atoms with Gasteiger partial charge in [-0.05, 0) is 38.1 Å². The van der Waals surface area contributed by atoms with Crippen LogP contribution in [0.4, 0.5) is 0 Å². The predicted molar refractivity (Wildman–Crippen MR) is 97.4 cm³/mol. The van der Waals surface area contributed by atoms with Gasteiger partial charge in [-0.3, -0.25) is 4.99 Å². The number of phenolic OH excluding ortho intramolecular Hbond substituents is 1. The van der Waals surface area contributed by atoms with Gasteiger partial charge in [-0.15, -0.1) is 0 Å². The molecule has 0 unspecified atom stereocenters. The van der Waals surface area contributed by atoms with Crippen molar-refractivity contribution in [3.8, 4) is 23.0 Å². The number of methoxy groups -OCH3 is 1. The van der Waals surface area contributed by atoms with Crippen LogP contribution in [-0.2, 0) is 13.0 Å². The van der Waals surface area contributed by atoms with Gasteiger partial charge in [0.05, 0.1) is 20.3 Å². The highest BCUT2D eigenvalue weighted by Crippen LogP contribution is 2.35. The third kappa shape index (κ3) is 3.71. The largest absolute Gasteiger partial charge is 0.504 e. The fourth-order valence-electron chi connectivity index (χ4n) is 2.95. The van der Waals surface area contributed by atoms with Crippen molar-refractivity contribution in [1.82, 2.24) is 0 Å². The summed E-state index contributed by atoms with van der Waals surface area (Å²) in [5.74, 6) is 2.26. The zero-order chi connectivity index (χ0) is 17.8. The Labute approximate surface area is 147 Å². The molecule has 0 aromatic heterocycles. The van der Waals surface area contributed by atoms with E-state index >= 15 is 0 Å². The van der Waals surface area contributed by atoms with Crippen molar-refractivity contribution >= 4 is 6.21 Å². The van der Waals surface area contributed by atoms with E-state index in [1.807, 2.05) is 19.1 Å². The number of nitrogens with zero attached hydrogens (tertiary/aromatic N) is 1. The van der Waals surface area contributed by atoms with Crippen molar-refractivity contribution in [2.24, 2.45) is 4.99 Å². The lowest BCUT2D eigenvalue weighted by Crippen LogP contribution is -2.05. The first-order valence-corrected chi connectivity index (χ1v) is 8.43. The van der Waals surface area contributed by atoms with Crippen LogP contribution >= 0.6 is 0 Å². The van der Waals surface area contributed by atoms with E-state index in [4.69, 9.17) is 14.2 Å². The summed E-state index contributed by atoms with van der Waals surface area (Å²) >= 11 is 0. The summed E-state index contributed by atoms with van der Waals surface area (Å²) in [6.07, 6.45) is 2.73. The summed E-state index contributed by atoms with van der Waals surface area (Å²) in [5.41, 5.74) is 2.76. The number of phenols is 1. The Bertz CT molecular complexity index is 786. The molecule has 0 bridgehead atoms. The van der Waals surface area contributed by atoms with Crippen molar-refractivity contribution < 1.29 is 19.3 Å². The Balaban J connectivity index is 1.82. The summed E-state index contributed by atoms with van der Waals surface area (Å²) in [4.78, 5) is 4.46. The highest BCUT2D eigenvalue weighted by molar-refractivity contribution is 5.84. The Kier molecular flexibility index (Phi) is 5.12. The summed E-state index contributed by atoms with van der Waals surface area (Å²) in [5, 5.41) is 10.1. The lowest BCUT2D eigenvalue weighted by atomic mass is 10.1. The van der Waals surface area contributed by atoms with Crippen LogP contribution in [0.15, 0.2) is 35.3 Å². The molecule has 0 aliphatic carbocycles. The average Bonchev–Trinajstić information content (AvgIpc) is 2.95. The van der Waals surface area contributed by atoms with E-state index in [-0.39, 0.29) is 11.9 Å². The van der Waals surface area contributed by atoms with Crippen LogP contribution < -0.4 is 14.2 Å². The number of ether oxygens (including phenoxy) is 3. The van der Waals surface area contributed by atoms with E-state index in [1.54, 1.807) is 18.3 Å². The van der Waals surface area contributed by atoms with Crippen LogP contribution in [0.5, 0.6) is 23.0 Å². The zero-order valence-corrected chi connectivity index (χ0v) is 14.8. The minimum absolute atomic E-state index is 0.0879. The summed E-state index contributed by atoms with van der Waals surface area (Å²) in [6.45, 7) is 5.07. The lowest BCUT2D eigenvalue weighted by molar-refractivity contribution is 0.254. The molecule has 0 saturated heterocycles. The molecule has 0 radical (unpaired) electrons. The third-order valence-electron chi connectivity index (χ3n) is 4.12. The van der Waals surface area contributed by atoms with E-state index in [0.717, 1.165) is 23.5 Å². The molecule has 1 atom stereocenters. The molecule has 25 heavy (non-hydrogen) atoms. The standard InChI is InChI=1S/C20H23NO4/c1-4-24-18-9-15-8-13(2)25-19(15)10-16(18)12-21-11-14-6-5-7-17(23-3)20(14)22/h5-7,9-11,13,22H,4,8,12H2,1-3H3/t13-/m0/s1. The van der Waals surface area contributed by atoms with Crippen molar-refractivity contribution in [2.45, 2.75) is 32.9 Å². The third-order valence-corrected chi connectivity index (χ3v) is 4.12. The number of aliphatic imine (C=N–C) groups is 1. The number of para-hydroxylation sites is 1. The smallest absolute Gasteiger partial charge is 0.166 e. The molecule has 1 N–H and O–H groups in total. The number of fused-ring (bicyclic) bond motifs is 1. The second kappa shape index (κ2) is 7.47. The van der Waals surface area contributed by atoms with Gasteiger partial charge in [0.2, 0.25) is 0 Å². The maximum Gasteiger partial charge on any atom is 0.166 e. The van der Waals surface area contributed by atoms with Gasteiger partial charge < -0.3 is 19.3 Å². The number of hydrogen-bond donors (Lipinski definition) is 1. The fourth-order valence-corrected chi connectivity index (χ4v) is 2.95. The van der Waals surface area contributed by atoms with E-state index in [0.29, 0.717) is 24.5 Å². The first-order valence-electron chi connectivity index (χ1n) is 8.43. The van der Waals surface area contributed by atoms with Gasteiger partial charge in [-0.25, -0.2) is 0 Å². The minimum atomic E-state index is 0.0879. The van der Waals surface area contributed by atoms with Crippen LogP contribution in [0.1, 0.15) is 30.5 Å². The SMILES string of the molecule is CCOc1cc2c(cc1CN=Cc1cccc(OC)c1O)O[C@@H](C)C2. The van der Waals surface area contributed by atoms with E-state index in [9.17, 15) is 5.11 Å². The molecule has 5 nitrogen and oxygen atoms in total. The first kappa shape index (κ1) is 17.1. The second-order valence-electron chi connectivity index (χ2n) is 6.00. The van der Waals surface area contributed by atoms with Gasteiger partial charge >= 0.3 is 0 Å². The maximum absolute atomic E-state index is 10.1. The molecular formula is C20H23NO4. The summed E-state index contributed by atoms with van der Waals surface area (Å²) < 4.78 is 16.7. The van der Waals surface area contributed by atoms with Gasteiger partial charge in [0.25, 0.3) is 0 Å². The van der Waals surface area contributed by atoms with E-state index < -0.39 is 0 Å². The van der Waals surface area contributed by atoms with Crippen molar-refractivity contribution in [3.05, 3.63) is 47.0 Å². The van der Waals surface area contributed by atoms with Crippen molar-refractivity contribution in [1.29, 1.82) is 0 Å². The number of benzene rings is 2. The molecule has 0 fully saturated rings. The van der Waals surface area contributed by atoms with Crippen LogP contribution in [0, 0.1) is 0 Å². The highest BCUT2D eigenvalue weighted by atomic mass is 16.5. The summed E-state index contributed by atoms with van der Waals surface area (Å²) in [7, 11) is 1.52. The molecule has 5 heteroatoms. The van der Waals surface area contributed by atoms with Crippen LogP contribution in [0.3, 0.4) is 0 Å². The van der Waals surface area contributed by atoms with Crippen LogP contribution in [0.2, 0.25) is 0 Å². The molecule has 132 valence electrons. The Morgan fingerprint density at radius 3 is 2.92 bits per heavy atom. The first-order chi connectivity index (χ1) is 12.1. The zero-order valence-electron chi connectivity index (χ0n) is 14.8. The normalized spacial score (nSPS) is 15.9. The maximum atomic E-state index is 10.1. The topological polar surface area (TPSA) is 60.3 Å². The average molecular weight is 341 g/mol. The highest BCUT2D eigenvalue weighted by Gasteiger charge is 2.21. The van der Waals surface area contributed by atoms with Gasteiger partial charge in [0.1, 0.15) is 17.6 Å². The van der Waals surface area contributed by atoms with Crippen LogP contribution in [-0.4, -0.2) is 31.1 Å². The Morgan fingerprint density at radius 2 is 2.16 bits per heavy atom. The number of aromatic hydroxyl groups is 1. The molecule has 1 aliphatic heterocycles. The fraction of sp³-hybridized carbons (Fsp3) is 0.350. The molecule has 1 aliphatic rings. The molecule has 2 aromatic carbocycles. The van der Waals surface area contributed by atoms with Crippen LogP contribution in [0.25, 0.3) is 0 Å². The minimum Gasteiger partial charge on any atom is -0.504 e. The quantitative estimate of drug-likeness (QED) is 0.813. The molecule has 0 amide bonds. The molecule has 2 aromatic rings. The molecule has 0 saturated carbocycles. The predicted octanol–water partition coefficient (Wildman–Crippen LogP) is 3.74. The molecule has 1 heterocycles. The summed E-state index contributed by atoms with van der Waals surface area (Å²) in [6, 6.07) is 9.37. The molecule has 3 rings (SSSR count). The number of rotatable bonds is 6. The van der Waals surface area contributed by atoms with Gasteiger partial charge in [0, 0.05) is 29.3 Å². The van der Waals surface area contributed by atoms with Gasteiger partial charge in [0.15, 0.2) is 11.5 Å². The second-order valence-corrected chi connectivity index (χ2v) is 6.00. The number of hydrogen-bond acceptors (Lipinski definition) is 5. The van der Waals surface area contributed by atoms with Gasteiger partial charge in [-0.1, -0.05) is 6.07 Å².